The smallest absolute Gasteiger partial charge is 0.265 e. The first-order valence-corrected chi connectivity index (χ1v) is 10.9. The summed E-state index contributed by atoms with van der Waals surface area (Å²) < 4.78 is 5.87. The summed E-state index contributed by atoms with van der Waals surface area (Å²) in [5, 5.41) is 2.86. The molecule has 4 nitrogen and oxygen atoms in total. The van der Waals surface area contributed by atoms with Crippen LogP contribution in [0.25, 0.3) is 0 Å². The third kappa shape index (κ3) is 5.44. The Morgan fingerprint density at radius 1 is 0.875 bits per heavy atom. The number of hydrogen-bond acceptors (Lipinski definition) is 3. The van der Waals surface area contributed by atoms with Gasteiger partial charge < -0.3 is 10.1 Å². The van der Waals surface area contributed by atoms with E-state index in [9.17, 15) is 9.59 Å². The van der Waals surface area contributed by atoms with E-state index >= 15 is 0 Å². The van der Waals surface area contributed by atoms with Gasteiger partial charge in [-0.3, -0.25) is 9.59 Å². The van der Waals surface area contributed by atoms with E-state index in [0.717, 1.165) is 11.1 Å². The number of ketones is 1. The second-order valence-electron chi connectivity index (χ2n) is 9.18. The van der Waals surface area contributed by atoms with Gasteiger partial charge in [0.05, 0.1) is 0 Å². The largest absolute Gasteiger partial charge is 0.481 e. The van der Waals surface area contributed by atoms with E-state index in [1.807, 2.05) is 56.3 Å². The zero-order chi connectivity index (χ0) is 23.5. The van der Waals surface area contributed by atoms with E-state index in [2.05, 4.69) is 26.1 Å². The number of ether oxygens (including phenoxy) is 1. The van der Waals surface area contributed by atoms with Gasteiger partial charge >= 0.3 is 0 Å². The molecule has 1 N–H and O–H groups in total. The number of rotatable bonds is 6. The third-order valence-electron chi connectivity index (χ3n) is 5.63. The molecule has 0 saturated heterocycles. The number of hydrogen-bond donors (Lipinski definition) is 1. The molecule has 1 amide bonds. The highest BCUT2D eigenvalue weighted by Crippen LogP contribution is 2.24. The minimum absolute atomic E-state index is 0.0293. The molecule has 0 aromatic heterocycles. The van der Waals surface area contributed by atoms with Gasteiger partial charge in [0, 0.05) is 16.8 Å². The Kier molecular flexibility index (Phi) is 6.83. The molecule has 3 aromatic carbocycles. The Hall–Kier alpha value is -3.40. The first-order valence-electron chi connectivity index (χ1n) is 10.9. The molecule has 1 atom stereocenters. The van der Waals surface area contributed by atoms with Crippen molar-refractivity contribution in [3.8, 4) is 5.75 Å². The molecule has 0 radical (unpaired) electrons. The molecule has 166 valence electrons. The molecule has 0 spiro atoms. The van der Waals surface area contributed by atoms with Crippen molar-refractivity contribution >= 4 is 17.4 Å². The third-order valence-corrected chi connectivity index (χ3v) is 5.63. The molecule has 32 heavy (non-hydrogen) atoms. The van der Waals surface area contributed by atoms with Gasteiger partial charge in [-0.15, -0.1) is 0 Å². The van der Waals surface area contributed by atoms with Gasteiger partial charge in [-0.05, 0) is 61.1 Å². The van der Waals surface area contributed by atoms with Crippen LogP contribution < -0.4 is 10.1 Å². The van der Waals surface area contributed by atoms with Crippen LogP contribution in [0.1, 0.15) is 60.3 Å². The van der Waals surface area contributed by atoms with Crippen LogP contribution in [0.3, 0.4) is 0 Å². The molecule has 1 unspecified atom stereocenters. The summed E-state index contributed by atoms with van der Waals surface area (Å²) in [6, 6.07) is 20.4. The van der Waals surface area contributed by atoms with Crippen LogP contribution >= 0.6 is 0 Å². The van der Waals surface area contributed by atoms with Gasteiger partial charge in [0.2, 0.25) is 0 Å². The summed E-state index contributed by atoms with van der Waals surface area (Å²) in [5.41, 5.74) is 5.02. The Balaban J connectivity index is 1.70. The first-order chi connectivity index (χ1) is 15.1. The van der Waals surface area contributed by atoms with Crippen LogP contribution in [-0.4, -0.2) is 17.8 Å². The maximum absolute atomic E-state index is 13.0. The fraction of sp³-hybridized carbons (Fsp3) is 0.286. The summed E-state index contributed by atoms with van der Waals surface area (Å²) in [7, 11) is 0. The highest BCUT2D eigenvalue weighted by Gasteiger charge is 2.18. The monoisotopic (exact) mass is 429 g/mol. The van der Waals surface area contributed by atoms with Gasteiger partial charge in [-0.2, -0.15) is 0 Å². The summed E-state index contributed by atoms with van der Waals surface area (Å²) in [6.45, 7) is 12.1. The molecular formula is C28H31NO3. The number of aryl methyl sites for hydroxylation is 1. The Morgan fingerprint density at radius 2 is 1.53 bits per heavy atom. The van der Waals surface area contributed by atoms with E-state index in [-0.39, 0.29) is 17.1 Å². The Bertz CT molecular complexity index is 1120. The quantitative estimate of drug-likeness (QED) is 0.472. The fourth-order valence-corrected chi connectivity index (χ4v) is 3.37. The first kappa shape index (κ1) is 23.3. The highest BCUT2D eigenvalue weighted by atomic mass is 16.5. The molecule has 3 rings (SSSR count). The second-order valence-corrected chi connectivity index (χ2v) is 9.18. The van der Waals surface area contributed by atoms with Gasteiger partial charge in [0.25, 0.3) is 5.91 Å². The van der Waals surface area contributed by atoms with Crippen LogP contribution in [0.5, 0.6) is 5.75 Å². The van der Waals surface area contributed by atoms with Crippen LogP contribution in [0.4, 0.5) is 5.69 Å². The van der Waals surface area contributed by atoms with E-state index in [4.69, 9.17) is 4.74 Å². The lowest BCUT2D eigenvalue weighted by Crippen LogP contribution is -2.30. The lowest BCUT2D eigenvalue weighted by Gasteiger charge is -2.19. The normalized spacial score (nSPS) is 12.2. The number of carbonyl (C=O) groups is 2. The van der Waals surface area contributed by atoms with Gasteiger partial charge in [-0.1, -0.05) is 69.3 Å². The van der Waals surface area contributed by atoms with E-state index in [0.29, 0.717) is 22.6 Å². The number of nitrogens with one attached hydrogen (secondary N) is 1. The predicted octanol–water partition coefficient (Wildman–Crippen LogP) is 6.24. The molecule has 0 bridgehead atoms. The summed E-state index contributed by atoms with van der Waals surface area (Å²) >= 11 is 0. The second kappa shape index (κ2) is 9.39. The van der Waals surface area contributed by atoms with Gasteiger partial charge in [-0.25, -0.2) is 0 Å². The maximum Gasteiger partial charge on any atom is 0.265 e. The van der Waals surface area contributed by atoms with Crippen molar-refractivity contribution in [3.05, 3.63) is 94.5 Å². The lowest BCUT2D eigenvalue weighted by molar-refractivity contribution is -0.122. The van der Waals surface area contributed by atoms with Crippen molar-refractivity contribution in [3.63, 3.8) is 0 Å². The highest BCUT2D eigenvalue weighted by molar-refractivity contribution is 6.09. The summed E-state index contributed by atoms with van der Waals surface area (Å²) in [5.74, 6) is 0.335. The van der Waals surface area contributed by atoms with Crippen molar-refractivity contribution in [1.82, 2.24) is 0 Å². The molecule has 0 aliphatic rings. The summed E-state index contributed by atoms with van der Waals surface area (Å²) in [4.78, 5) is 25.6. The van der Waals surface area contributed by atoms with E-state index in [1.54, 1.807) is 31.2 Å². The van der Waals surface area contributed by atoms with Crippen molar-refractivity contribution in [1.29, 1.82) is 0 Å². The van der Waals surface area contributed by atoms with Crippen molar-refractivity contribution in [2.24, 2.45) is 0 Å². The summed E-state index contributed by atoms with van der Waals surface area (Å²) in [6.07, 6.45) is -0.681. The van der Waals surface area contributed by atoms with E-state index in [1.165, 1.54) is 5.56 Å². The topological polar surface area (TPSA) is 55.4 Å². The molecular weight excluding hydrogens is 398 g/mol. The fourth-order valence-electron chi connectivity index (χ4n) is 3.37. The molecule has 4 heteroatoms. The lowest BCUT2D eigenvalue weighted by atomic mass is 9.86. The Morgan fingerprint density at radius 3 is 2.19 bits per heavy atom. The predicted molar refractivity (Wildman–Crippen MR) is 130 cm³/mol. The van der Waals surface area contributed by atoms with Crippen molar-refractivity contribution in [2.45, 2.75) is 53.1 Å². The minimum atomic E-state index is -0.681. The van der Waals surface area contributed by atoms with E-state index < -0.39 is 6.10 Å². The Labute approximate surface area is 190 Å². The molecule has 0 saturated carbocycles. The van der Waals surface area contributed by atoms with Gasteiger partial charge in [0.1, 0.15) is 5.75 Å². The average molecular weight is 430 g/mol. The zero-order valence-corrected chi connectivity index (χ0v) is 19.7. The van der Waals surface area contributed by atoms with Crippen molar-refractivity contribution in [2.75, 3.05) is 5.32 Å². The number of amides is 1. The maximum atomic E-state index is 13.0. The molecule has 0 fully saturated rings. The standard InChI is InChI=1S/C28H31NO3/c1-18-9-7-12-25(19(18)2)32-20(3)27(31)29-24-11-8-10-22(17-24)26(30)21-13-15-23(16-14-21)28(4,5)6/h7-17,20H,1-6H3,(H,29,31). The van der Waals surface area contributed by atoms with Crippen LogP contribution in [-0.2, 0) is 10.2 Å². The number of benzene rings is 3. The van der Waals surface area contributed by atoms with Crippen molar-refractivity contribution < 1.29 is 14.3 Å². The SMILES string of the molecule is Cc1cccc(OC(C)C(=O)Nc2cccc(C(=O)c3ccc(C(C)(C)C)cc3)c2)c1C. The van der Waals surface area contributed by atoms with Crippen LogP contribution in [0, 0.1) is 13.8 Å². The van der Waals surface area contributed by atoms with Gasteiger partial charge in [0.15, 0.2) is 11.9 Å². The van der Waals surface area contributed by atoms with Crippen LogP contribution in [0.15, 0.2) is 66.7 Å². The number of carbonyl (C=O) groups excluding carboxylic acids is 2. The molecule has 0 aliphatic heterocycles. The number of anilines is 1. The molecule has 0 aliphatic carbocycles. The average Bonchev–Trinajstić information content (AvgIpc) is 2.76. The van der Waals surface area contributed by atoms with Crippen LogP contribution in [0.2, 0.25) is 0 Å². The molecule has 3 aromatic rings. The minimum Gasteiger partial charge on any atom is -0.481 e. The zero-order valence-electron chi connectivity index (χ0n) is 19.7. The molecule has 0 heterocycles.